The number of nitrogens with zero attached hydrogens (tertiary/aromatic N) is 2. The fourth-order valence-electron chi connectivity index (χ4n) is 3.45. The number of hydrogen-bond donors (Lipinski definition) is 2. The number of carbonyl (C=O) groups excluding carboxylic acids is 1. The van der Waals surface area contributed by atoms with Crippen molar-refractivity contribution >= 4 is 5.91 Å². The third-order valence-corrected chi connectivity index (χ3v) is 4.59. The first-order chi connectivity index (χ1) is 9.94. The lowest BCUT2D eigenvalue weighted by Crippen LogP contribution is -2.44. The highest BCUT2D eigenvalue weighted by Crippen LogP contribution is 2.44. The van der Waals surface area contributed by atoms with E-state index in [1.54, 1.807) is 0 Å². The summed E-state index contributed by atoms with van der Waals surface area (Å²) in [6, 6.07) is 0. The normalized spacial score (nSPS) is 28.3. The van der Waals surface area contributed by atoms with Crippen LogP contribution in [0, 0.1) is 24.2 Å². The summed E-state index contributed by atoms with van der Waals surface area (Å²) in [6.07, 6.45) is 2.81. The maximum Gasteiger partial charge on any atom is 0.223 e. The van der Waals surface area contributed by atoms with Crippen LogP contribution in [-0.4, -0.2) is 34.2 Å². The van der Waals surface area contributed by atoms with E-state index in [1.165, 1.54) is 0 Å². The molecule has 1 amide bonds. The van der Waals surface area contributed by atoms with Gasteiger partial charge >= 0.3 is 0 Å². The summed E-state index contributed by atoms with van der Waals surface area (Å²) in [4.78, 5) is 16.5. The standard InChI is InChI=1S/C15H24N4O2/c1-9-17-13(19-18-9)12-10(4-5-21-12)8-16-14(20)11-6-15(2,3)7-11/h10-12H,4-8H2,1-3H3,(H,16,20)(H,17,18,19)/t10-,12-/m0/s1. The van der Waals surface area contributed by atoms with Gasteiger partial charge < -0.3 is 10.1 Å². The smallest absolute Gasteiger partial charge is 0.223 e. The van der Waals surface area contributed by atoms with Crippen LogP contribution in [0.2, 0.25) is 0 Å². The van der Waals surface area contributed by atoms with Crippen molar-refractivity contribution < 1.29 is 9.53 Å². The molecule has 1 saturated heterocycles. The average molecular weight is 292 g/mol. The zero-order chi connectivity index (χ0) is 15.0. The summed E-state index contributed by atoms with van der Waals surface area (Å²) in [6.45, 7) is 7.65. The third-order valence-electron chi connectivity index (χ3n) is 4.59. The minimum Gasteiger partial charge on any atom is -0.370 e. The summed E-state index contributed by atoms with van der Waals surface area (Å²) in [5.41, 5.74) is 0.331. The van der Waals surface area contributed by atoms with Gasteiger partial charge in [0.2, 0.25) is 5.91 Å². The van der Waals surface area contributed by atoms with Crippen LogP contribution in [0.1, 0.15) is 50.9 Å². The Labute approximate surface area is 125 Å². The molecule has 2 N–H and O–H groups in total. The van der Waals surface area contributed by atoms with Crippen molar-refractivity contribution in [2.45, 2.75) is 46.1 Å². The van der Waals surface area contributed by atoms with Crippen molar-refractivity contribution in [3.63, 3.8) is 0 Å². The Hall–Kier alpha value is -1.43. The Morgan fingerprint density at radius 2 is 2.24 bits per heavy atom. The van der Waals surface area contributed by atoms with Crippen LogP contribution >= 0.6 is 0 Å². The van der Waals surface area contributed by atoms with E-state index in [9.17, 15) is 4.79 Å². The molecule has 0 aromatic carbocycles. The maximum atomic E-state index is 12.1. The molecule has 2 atom stereocenters. The van der Waals surface area contributed by atoms with Gasteiger partial charge in [-0.15, -0.1) is 0 Å². The molecule has 1 aliphatic carbocycles. The SMILES string of the molecule is Cc1nc([C@H]2OCC[C@H]2CNC(=O)C2CC(C)(C)C2)n[nH]1. The Kier molecular flexibility index (Phi) is 3.73. The summed E-state index contributed by atoms with van der Waals surface area (Å²) in [7, 11) is 0. The predicted octanol–water partition coefficient (Wildman–Crippen LogP) is 1.74. The molecule has 21 heavy (non-hydrogen) atoms. The highest BCUT2D eigenvalue weighted by molar-refractivity contribution is 5.79. The highest BCUT2D eigenvalue weighted by atomic mass is 16.5. The van der Waals surface area contributed by atoms with Gasteiger partial charge in [-0.2, -0.15) is 5.10 Å². The van der Waals surface area contributed by atoms with E-state index < -0.39 is 0 Å². The zero-order valence-corrected chi connectivity index (χ0v) is 13.0. The molecule has 1 aliphatic heterocycles. The molecular formula is C15H24N4O2. The van der Waals surface area contributed by atoms with Crippen LogP contribution in [-0.2, 0) is 9.53 Å². The number of rotatable bonds is 4. The molecule has 2 heterocycles. The van der Waals surface area contributed by atoms with Gasteiger partial charge in [0, 0.05) is 25.0 Å². The van der Waals surface area contributed by atoms with Gasteiger partial charge in [0.25, 0.3) is 0 Å². The first-order valence-electron chi connectivity index (χ1n) is 7.73. The molecule has 1 saturated carbocycles. The monoisotopic (exact) mass is 292 g/mol. The van der Waals surface area contributed by atoms with E-state index in [0.717, 1.165) is 25.1 Å². The number of ether oxygens (including phenoxy) is 1. The molecule has 0 spiro atoms. The molecule has 2 fully saturated rings. The van der Waals surface area contributed by atoms with Crippen molar-refractivity contribution in [3.05, 3.63) is 11.6 Å². The zero-order valence-electron chi connectivity index (χ0n) is 13.0. The summed E-state index contributed by atoms with van der Waals surface area (Å²) in [5.74, 6) is 2.13. The van der Waals surface area contributed by atoms with Crippen LogP contribution < -0.4 is 5.32 Å². The second-order valence-electron chi connectivity index (χ2n) is 7.13. The highest BCUT2D eigenvalue weighted by Gasteiger charge is 2.41. The first-order valence-corrected chi connectivity index (χ1v) is 7.73. The molecule has 3 rings (SSSR count). The van der Waals surface area contributed by atoms with Crippen molar-refractivity contribution in [1.29, 1.82) is 0 Å². The molecule has 6 nitrogen and oxygen atoms in total. The lowest BCUT2D eigenvalue weighted by Gasteiger charge is -2.41. The van der Waals surface area contributed by atoms with Gasteiger partial charge in [-0.1, -0.05) is 13.8 Å². The molecule has 0 bridgehead atoms. The van der Waals surface area contributed by atoms with Crippen LogP contribution in [0.15, 0.2) is 0 Å². The Morgan fingerprint density at radius 3 is 2.86 bits per heavy atom. The van der Waals surface area contributed by atoms with E-state index in [4.69, 9.17) is 4.74 Å². The number of H-pyrrole nitrogens is 1. The van der Waals surface area contributed by atoms with Crippen molar-refractivity contribution in [1.82, 2.24) is 20.5 Å². The van der Waals surface area contributed by atoms with Gasteiger partial charge in [0.15, 0.2) is 5.82 Å². The van der Waals surface area contributed by atoms with Crippen LogP contribution in [0.4, 0.5) is 0 Å². The van der Waals surface area contributed by atoms with Crippen LogP contribution in [0.5, 0.6) is 0 Å². The molecule has 1 aromatic heterocycles. The number of amides is 1. The van der Waals surface area contributed by atoms with Gasteiger partial charge in [0.1, 0.15) is 11.9 Å². The lowest BCUT2D eigenvalue weighted by molar-refractivity contribution is -0.131. The summed E-state index contributed by atoms with van der Waals surface area (Å²) in [5, 5.41) is 10.1. The molecule has 116 valence electrons. The largest absolute Gasteiger partial charge is 0.370 e. The molecule has 2 aliphatic rings. The summed E-state index contributed by atoms with van der Waals surface area (Å²) < 4.78 is 5.73. The number of hydrogen-bond acceptors (Lipinski definition) is 4. The Bertz CT molecular complexity index is 517. The Balaban J connectivity index is 1.51. The van der Waals surface area contributed by atoms with Gasteiger partial charge in [-0.25, -0.2) is 4.98 Å². The van der Waals surface area contributed by atoms with Crippen molar-refractivity contribution in [3.8, 4) is 0 Å². The number of aryl methyl sites for hydroxylation is 1. The lowest BCUT2D eigenvalue weighted by atomic mass is 9.64. The molecule has 0 radical (unpaired) electrons. The third kappa shape index (κ3) is 3.10. The fraction of sp³-hybridized carbons (Fsp3) is 0.800. The topological polar surface area (TPSA) is 79.9 Å². The fourth-order valence-corrected chi connectivity index (χ4v) is 3.45. The van der Waals surface area contributed by atoms with E-state index >= 15 is 0 Å². The molecule has 6 heteroatoms. The molecular weight excluding hydrogens is 268 g/mol. The van der Waals surface area contributed by atoms with Crippen LogP contribution in [0.25, 0.3) is 0 Å². The van der Waals surface area contributed by atoms with Crippen molar-refractivity contribution in [2.75, 3.05) is 13.2 Å². The second-order valence-corrected chi connectivity index (χ2v) is 7.13. The number of carbonyl (C=O) groups is 1. The number of aromatic amines is 1. The Morgan fingerprint density at radius 1 is 1.48 bits per heavy atom. The van der Waals surface area contributed by atoms with E-state index in [2.05, 4.69) is 34.3 Å². The number of nitrogens with one attached hydrogen (secondary N) is 2. The quantitative estimate of drug-likeness (QED) is 0.886. The van der Waals surface area contributed by atoms with E-state index in [0.29, 0.717) is 24.4 Å². The van der Waals surface area contributed by atoms with Gasteiger partial charge in [-0.3, -0.25) is 9.89 Å². The minimum atomic E-state index is -0.104. The maximum absolute atomic E-state index is 12.1. The number of aromatic nitrogens is 3. The summed E-state index contributed by atoms with van der Waals surface area (Å²) >= 11 is 0. The molecule has 0 unspecified atom stereocenters. The minimum absolute atomic E-state index is 0.104. The molecule has 1 aromatic rings. The van der Waals surface area contributed by atoms with Crippen LogP contribution in [0.3, 0.4) is 0 Å². The van der Waals surface area contributed by atoms with Gasteiger partial charge in [0.05, 0.1) is 0 Å². The van der Waals surface area contributed by atoms with E-state index in [1.807, 2.05) is 6.92 Å². The van der Waals surface area contributed by atoms with E-state index in [-0.39, 0.29) is 23.8 Å². The van der Waals surface area contributed by atoms with Crippen molar-refractivity contribution in [2.24, 2.45) is 17.3 Å². The predicted molar refractivity (Wildman–Crippen MR) is 77.4 cm³/mol. The second kappa shape index (κ2) is 5.40. The van der Waals surface area contributed by atoms with Gasteiger partial charge in [-0.05, 0) is 31.6 Å². The average Bonchev–Trinajstić information content (AvgIpc) is 3.01. The first kappa shape index (κ1) is 14.5.